The fraction of sp³-hybridized carbons (Fsp3) is 0.190. The molecule has 1 aromatic heterocycles. The molecule has 2 N–H and O–H groups in total. The van der Waals surface area contributed by atoms with E-state index in [0.717, 1.165) is 12.3 Å². The fourth-order valence-electron chi connectivity index (χ4n) is 3.11. The molecule has 0 aliphatic carbocycles. The SMILES string of the molecule is CCOC(=O)c1cnn(-c2ccc(NC(=O)c3cc([N+](=O)[O-])ccc3NC)cc2)c1C(F)(F)F. The molecule has 1 amide bonds. The first-order valence-corrected chi connectivity index (χ1v) is 9.77. The predicted molar refractivity (Wildman–Crippen MR) is 115 cm³/mol. The Morgan fingerprint density at radius 2 is 1.82 bits per heavy atom. The fourth-order valence-corrected chi connectivity index (χ4v) is 3.11. The normalized spacial score (nSPS) is 11.1. The lowest BCUT2D eigenvalue weighted by molar-refractivity contribution is -0.384. The zero-order valence-corrected chi connectivity index (χ0v) is 17.8. The van der Waals surface area contributed by atoms with Gasteiger partial charge in [0, 0.05) is 30.6 Å². The molecule has 0 radical (unpaired) electrons. The highest BCUT2D eigenvalue weighted by molar-refractivity contribution is 6.08. The van der Waals surface area contributed by atoms with Gasteiger partial charge in [0.1, 0.15) is 5.56 Å². The Bertz CT molecular complexity index is 1240. The number of anilines is 2. The van der Waals surface area contributed by atoms with E-state index >= 15 is 0 Å². The number of nitro benzene ring substituents is 1. The van der Waals surface area contributed by atoms with Gasteiger partial charge in [0.15, 0.2) is 5.69 Å². The highest BCUT2D eigenvalue weighted by atomic mass is 19.4. The van der Waals surface area contributed by atoms with Crippen molar-refractivity contribution in [2.45, 2.75) is 13.1 Å². The van der Waals surface area contributed by atoms with Crippen LogP contribution in [0.15, 0.2) is 48.7 Å². The van der Waals surface area contributed by atoms with Crippen molar-refractivity contribution in [3.8, 4) is 5.69 Å². The highest BCUT2D eigenvalue weighted by Crippen LogP contribution is 2.34. The number of hydrogen-bond acceptors (Lipinski definition) is 7. The number of halogens is 3. The van der Waals surface area contributed by atoms with Gasteiger partial charge in [0.05, 0.1) is 29.0 Å². The third-order valence-corrected chi connectivity index (χ3v) is 4.63. The number of non-ortho nitro benzene ring substituents is 1. The van der Waals surface area contributed by atoms with Crippen LogP contribution < -0.4 is 10.6 Å². The Kier molecular flexibility index (Phi) is 6.84. The molecule has 3 rings (SSSR count). The minimum absolute atomic E-state index is 0.00582. The predicted octanol–water partition coefficient (Wildman–Crippen LogP) is 4.27. The average molecular weight is 477 g/mol. The molecule has 0 aliphatic heterocycles. The van der Waals surface area contributed by atoms with Gasteiger partial charge >= 0.3 is 12.1 Å². The molecule has 0 saturated heterocycles. The number of nitrogens with one attached hydrogen (secondary N) is 2. The largest absolute Gasteiger partial charge is 0.462 e. The molecule has 2 aromatic carbocycles. The Morgan fingerprint density at radius 1 is 1.15 bits per heavy atom. The van der Waals surface area contributed by atoms with Crippen LogP contribution in [0.4, 0.5) is 30.2 Å². The van der Waals surface area contributed by atoms with E-state index in [1.165, 1.54) is 43.3 Å². The van der Waals surface area contributed by atoms with Crippen molar-refractivity contribution < 1.29 is 32.4 Å². The molecule has 0 spiro atoms. The van der Waals surface area contributed by atoms with Crippen LogP contribution in [-0.2, 0) is 10.9 Å². The molecule has 178 valence electrons. The van der Waals surface area contributed by atoms with E-state index in [-0.39, 0.29) is 29.2 Å². The summed E-state index contributed by atoms with van der Waals surface area (Å²) in [6, 6.07) is 8.91. The van der Waals surface area contributed by atoms with Crippen LogP contribution in [0, 0.1) is 10.1 Å². The number of hydrogen-bond donors (Lipinski definition) is 2. The van der Waals surface area contributed by atoms with E-state index in [1.807, 2.05) is 0 Å². The van der Waals surface area contributed by atoms with Crippen LogP contribution in [0.1, 0.15) is 33.3 Å². The van der Waals surface area contributed by atoms with Crippen molar-refractivity contribution in [2.24, 2.45) is 0 Å². The smallest absolute Gasteiger partial charge is 0.434 e. The lowest BCUT2D eigenvalue weighted by Crippen LogP contribution is -2.18. The Hall–Kier alpha value is -4.42. The number of esters is 1. The Morgan fingerprint density at radius 3 is 2.38 bits per heavy atom. The second-order valence-electron chi connectivity index (χ2n) is 6.77. The third-order valence-electron chi connectivity index (χ3n) is 4.63. The van der Waals surface area contributed by atoms with Crippen molar-refractivity contribution in [1.29, 1.82) is 0 Å². The Balaban J connectivity index is 1.90. The highest BCUT2D eigenvalue weighted by Gasteiger charge is 2.41. The maximum atomic E-state index is 13.6. The molecule has 13 heteroatoms. The van der Waals surface area contributed by atoms with Crippen LogP contribution in [0.5, 0.6) is 0 Å². The van der Waals surface area contributed by atoms with Gasteiger partial charge in [-0.05, 0) is 37.3 Å². The van der Waals surface area contributed by atoms with Gasteiger partial charge in [-0.15, -0.1) is 0 Å². The second-order valence-corrected chi connectivity index (χ2v) is 6.77. The van der Waals surface area contributed by atoms with E-state index in [4.69, 9.17) is 0 Å². The number of amides is 1. The number of carbonyl (C=O) groups is 2. The number of rotatable bonds is 7. The number of nitro groups is 1. The minimum Gasteiger partial charge on any atom is -0.462 e. The zero-order valence-electron chi connectivity index (χ0n) is 17.8. The van der Waals surface area contributed by atoms with Gasteiger partial charge in [0.25, 0.3) is 11.6 Å². The van der Waals surface area contributed by atoms with Crippen molar-refractivity contribution >= 4 is 28.9 Å². The van der Waals surface area contributed by atoms with E-state index in [1.54, 1.807) is 7.05 Å². The first-order valence-electron chi connectivity index (χ1n) is 9.77. The van der Waals surface area contributed by atoms with Crippen LogP contribution >= 0.6 is 0 Å². The maximum Gasteiger partial charge on any atom is 0.434 e. The lowest BCUT2D eigenvalue weighted by Gasteiger charge is -2.13. The van der Waals surface area contributed by atoms with Crippen molar-refractivity contribution in [1.82, 2.24) is 9.78 Å². The first kappa shape index (κ1) is 24.2. The van der Waals surface area contributed by atoms with E-state index in [2.05, 4.69) is 20.5 Å². The van der Waals surface area contributed by atoms with Gasteiger partial charge in [-0.2, -0.15) is 18.3 Å². The van der Waals surface area contributed by atoms with Gasteiger partial charge in [-0.25, -0.2) is 9.48 Å². The zero-order chi connectivity index (χ0) is 25.0. The van der Waals surface area contributed by atoms with Crippen LogP contribution in [-0.4, -0.2) is 40.2 Å². The van der Waals surface area contributed by atoms with Gasteiger partial charge in [-0.1, -0.05) is 0 Å². The van der Waals surface area contributed by atoms with Crippen molar-refractivity contribution in [3.63, 3.8) is 0 Å². The van der Waals surface area contributed by atoms with Gasteiger partial charge < -0.3 is 15.4 Å². The lowest BCUT2D eigenvalue weighted by atomic mass is 10.1. The molecule has 34 heavy (non-hydrogen) atoms. The molecular formula is C21H18F3N5O5. The summed E-state index contributed by atoms with van der Waals surface area (Å²) in [5.41, 5.74) is -1.75. The molecule has 3 aromatic rings. The standard InChI is InChI=1S/C21H18F3N5O5/c1-3-34-20(31)16-11-26-28(18(16)21(22,23)24)13-6-4-12(5-7-13)27-19(30)15-10-14(29(32)33)8-9-17(15)25-2/h4-11,25H,3H2,1-2H3,(H,27,30). The number of benzene rings is 2. The summed E-state index contributed by atoms with van der Waals surface area (Å²) in [6.45, 7) is 1.37. The first-order chi connectivity index (χ1) is 16.1. The van der Waals surface area contributed by atoms with E-state index in [9.17, 15) is 32.9 Å². The number of ether oxygens (including phenoxy) is 1. The topological polar surface area (TPSA) is 128 Å². The maximum absolute atomic E-state index is 13.6. The van der Waals surface area contributed by atoms with Crippen LogP contribution in [0.3, 0.4) is 0 Å². The summed E-state index contributed by atoms with van der Waals surface area (Å²) in [5.74, 6) is -1.82. The minimum atomic E-state index is -4.89. The van der Waals surface area contributed by atoms with E-state index < -0.39 is 34.2 Å². The summed E-state index contributed by atoms with van der Waals surface area (Å²) in [7, 11) is 1.54. The number of aromatic nitrogens is 2. The van der Waals surface area contributed by atoms with Gasteiger partial charge in [-0.3, -0.25) is 14.9 Å². The second kappa shape index (κ2) is 9.60. The quantitative estimate of drug-likeness (QED) is 0.295. The van der Waals surface area contributed by atoms with Crippen molar-refractivity contribution in [2.75, 3.05) is 24.3 Å². The average Bonchev–Trinajstić information content (AvgIpc) is 3.25. The summed E-state index contributed by atoms with van der Waals surface area (Å²) >= 11 is 0. The molecule has 0 atom stereocenters. The number of carbonyl (C=O) groups excluding carboxylic acids is 2. The molecule has 0 bridgehead atoms. The molecular weight excluding hydrogens is 459 g/mol. The summed E-state index contributed by atoms with van der Waals surface area (Å²) in [4.78, 5) is 35.0. The summed E-state index contributed by atoms with van der Waals surface area (Å²) in [5, 5.41) is 20.0. The van der Waals surface area contributed by atoms with E-state index in [0.29, 0.717) is 10.4 Å². The number of alkyl halides is 3. The summed E-state index contributed by atoms with van der Waals surface area (Å²) in [6.07, 6.45) is -4.12. The molecule has 1 heterocycles. The molecule has 10 nitrogen and oxygen atoms in total. The van der Waals surface area contributed by atoms with Crippen LogP contribution in [0.25, 0.3) is 5.69 Å². The van der Waals surface area contributed by atoms with Crippen LogP contribution in [0.2, 0.25) is 0 Å². The molecule has 0 saturated carbocycles. The Labute approximate surface area is 190 Å². The monoisotopic (exact) mass is 477 g/mol. The third kappa shape index (κ3) is 4.98. The van der Waals surface area contributed by atoms with Crippen molar-refractivity contribution in [3.05, 3.63) is 75.6 Å². The molecule has 0 unspecified atom stereocenters. The number of nitrogens with zero attached hydrogens (tertiary/aromatic N) is 3. The molecule has 0 fully saturated rings. The van der Waals surface area contributed by atoms with Gasteiger partial charge in [0.2, 0.25) is 0 Å². The summed E-state index contributed by atoms with van der Waals surface area (Å²) < 4.78 is 46.2. The molecule has 0 aliphatic rings.